The summed E-state index contributed by atoms with van der Waals surface area (Å²) >= 11 is 0. The predicted octanol–water partition coefficient (Wildman–Crippen LogP) is 3.34. The maximum Gasteiger partial charge on any atom is 0.270 e. The van der Waals surface area contributed by atoms with Crippen molar-refractivity contribution in [1.82, 2.24) is 15.5 Å². The number of amides is 1. The van der Waals surface area contributed by atoms with Crippen molar-refractivity contribution in [3.8, 4) is 28.8 Å². The van der Waals surface area contributed by atoms with E-state index in [2.05, 4.69) is 27.4 Å². The van der Waals surface area contributed by atoms with E-state index >= 15 is 0 Å². The van der Waals surface area contributed by atoms with E-state index in [0.717, 1.165) is 16.9 Å². The summed E-state index contributed by atoms with van der Waals surface area (Å²) in [5.41, 5.74) is 2.65. The molecule has 0 saturated heterocycles. The smallest absolute Gasteiger partial charge is 0.270 e. The number of nitrogens with zero attached hydrogens (tertiary/aromatic N) is 1. The molecule has 0 saturated carbocycles. The van der Waals surface area contributed by atoms with Crippen LogP contribution in [0.2, 0.25) is 0 Å². The third-order valence-corrected chi connectivity index (χ3v) is 3.82. The van der Waals surface area contributed by atoms with E-state index in [1.165, 1.54) is 12.1 Å². The van der Waals surface area contributed by atoms with E-state index in [9.17, 15) is 9.18 Å². The van der Waals surface area contributed by atoms with Crippen LogP contribution in [0.4, 0.5) is 4.39 Å². The first-order chi connectivity index (χ1) is 13.1. The van der Waals surface area contributed by atoms with Gasteiger partial charge in [-0.1, -0.05) is 30.0 Å². The van der Waals surface area contributed by atoms with Crippen LogP contribution in [0.15, 0.2) is 54.6 Å². The summed E-state index contributed by atoms with van der Waals surface area (Å²) in [7, 11) is 0. The zero-order chi connectivity index (χ0) is 19.1. The van der Waals surface area contributed by atoms with Crippen molar-refractivity contribution in [1.29, 1.82) is 0 Å². The second-order valence-corrected chi connectivity index (χ2v) is 5.76. The van der Waals surface area contributed by atoms with Gasteiger partial charge in [-0.05, 0) is 48.9 Å². The number of ether oxygens (including phenoxy) is 1. The molecule has 27 heavy (non-hydrogen) atoms. The van der Waals surface area contributed by atoms with E-state index in [0.29, 0.717) is 11.4 Å². The fourth-order valence-corrected chi connectivity index (χ4v) is 2.37. The first-order valence-electron chi connectivity index (χ1n) is 8.37. The van der Waals surface area contributed by atoms with Gasteiger partial charge in [0.2, 0.25) is 0 Å². The summed E-state index contributed by atoms with van der Waals surface area (Å²) in [6.07, 6.45) is 0. The van der Waals surface area contributed by atoms with Crippen LogP contribution < -0.4 is 10.1 Å². The second kappa shape index (κ2) is 8.68. The molecule has 2 aromatic carbocycles. The van der Waals surface area contributed by atoms with Crippen molar-refractivity contribution in [2.24, 2.45) is 0 Å². The largest absolute Gasteiger partial charge is 0.481 e. The molecule has 0 fully saturated rings. The average Bonchev–Trinajstić information content (AvgIpc) is 3.16. The summed E-state index contributed by atoms with van der Waals surface area (Å²) in [6, 6.07) is 15.2. The molecule has 5 nitrogen and oxygen atoms in total. The molecule has 0 aliphatic carbocycles. The SMILES string of the molecule is Cc1ccccc1OCC#CCNC(=O)c1cc(-c2ccc(F)cc2)n[nH]1. The average molecular weight is 363 g/mol. The van der Waals surface area contributed by atoms with Crippen molar-refractivity contribution in [2.75, 3.05) is 13.2 Å². The minimum atomic E-state index is -0.322. The molecule has 1 amide bonds. The Bertz CT molecular complexity index is 984. The number of aryl methyl sites for hydroxylation is 1. The van der Waals surface area contributed by atoms with E-state index in [1.807, 2.05) is 31.2 Å². The molecule has 0 aliphatic heterocycles. The molecule has 0 radical (unpaired) electrons. The molecule has 0 aliphatic rings. The standard InChI is InChI=1S/C21H18FN3O2/c1-15-6-2-3-7-20(15)27-13-5-4-12-23-21(26)19-14-18(24-25-19)16-8-10-17(22)11-9-16/h2-3,6-11,14H,12-13H2,1H3,(H,23,26)(H,24,25). The van der Waals surface area contributed by atoms with Gasteiger partial charge in [0.05, 0.1) is 12.2 Å². The predicted molar refractivity (Wildman–Crippen MR) is 101 cm³/mol. The Morgan fingerprint density at radius 2 is 1.96 bits per heavy atom. The second-order valence-electron chi connectivity index (χ2n) is 5.76. The summed E-state index contributed by atoms with van der Waals surface area (Å²) in [5, 5.41) is 9.43. The zero-order valence-corrected chi connectivity index (χ0v) is 14.8. The summed E-state index contributed by atoms with van der Waals surface area (Å²) in [4.78, 5) is 12.1. The van der Waals surface area contributed by atoms with Crippen LogP contribution in [-0.2, 0) is 0 Å². The third-order valence-electron chi connectivity index (χ3n) is 3.82. The lowest BCUT2D eigenvalue weighted by atomic mass is 10.1. The molecule has 2 N–H and O–H groups in total. The summed E-state index contributed by atoms with van der Waals surface area (Å²) < 4.78 is 18.5. The number of halogens is 1. The van der Waals surface area contributed by atoms with Gasteiger partial charge in [-0.25, -0.2) is 4.39 Å². The number of H-pyrrole nitrogens is 1. The van der Waals surface area contributed by atoms with Gasteiger partial charge >= 0.3 is 0 Å². The van der Waals surface area contributed by atoms with Crippen molar-refractivity contribution in [3.05, 3.63) is 71.7 Å². The third kappa shape index (κ3) is 4.95. The van der Waals surface area contributed by atoms with Crippen molar-refractivity contribution >= 4 is 5.91 Å². The molecule has 0 bridgehead atoms. The molecule has 1 aromatic heterocycles. The maximum absolute atomic E-state index is 13.0. The Morgan fingerprint density at radius 3 is 2.74 bits per heavy atom. The van der Waals surface area contributed by atoms with Gasteiger partial charge in [0.15, 0.2) is 0 Å². The summed E-state index contributed by atoms with van der Waals surface area (Å²) in [6.45, 7) is 2.41. The van der Waals surface area contributed by atoms with Crippen LogP contribution >= 0.6 is 0 Å². The van der Waals surface area contributed by atoms with Crippen molar-refractivity contribution in [2.45, 2.75) is 6.92 Å². The van der Waals surface area contributed by atoms with Gasteiger partial charge in [0.25, 0.3) is 5.91 Å². The monoisotopic (exact) mass is 363 g/mol. The van der Waals surface area contributed by atoms with Crippen LogP contribution in [0.5, 0.6) is 5.75 Å². The van der Waals surface area contributed by atoms with Crippen LogP contribution in [0.3, 0.4) is 0 Å². The number of para-hydroxylation sites is 1. The molecule has 1 heterocycles. The van der Waals surface area contributed by atoms with Crippen LogP contribution in [0.1, 0.15) is 16.1 Å². The van der Waals surface area contributed by atoms with Crippen molar-refractivity contribution in [3.63, 3.8) is 0 Å². The van der Waals surface area contributed by atoms with Crippen LogP contribution in [0.25, 0.3) is 11.3 Å². The Labute approximate surface area is 156 Å². The molecule has 0 unspecified atom stereocenters. The summed E-state index contributed by atoms with van der Waals surface area (Å²) in [5.74, 6) is 5.85. The van der Waals surface area contributed by atoms with Gasteiger partial charge in [0.1, 0.15) is 23.9 Å². The highest BCUT2D eigenvalue weighted by atomic mass is 19.1. The number of aromatic nitrogens is 2. The molecular formula is C21H18FN3O2. The number of aromatic amines is 1. The number of carbonyl (C=O) groups is 1. The Balaban J connectivity index is 1.48. The zero-order valence-electron chi connectivity index (χ0n) is 14.8. The van der Waals surface area contributed by atoms with Gasteiger partial charge in [-0.3, -0.25) is 9.89 Å². The first kappa shape index (κ1) is 18.2. The van der Waals surface area contributed by atoms with Gasteiger partial charge in [-0.2, -0.15) is 5.10 Å². The topological polar surface area (TPSA) is 67.0 Å². The molecule has 3 rings (SSSR count). The number of hydrogen-bond donors (Lipinski definition) is 2. The lowest BCUT2D eigenvalue weighted by Crippen LogP contribution is -2.24. The van der Waals surface area contributed by atoms with E-state index in [4.69, 9.17) is 4.74 Å². The van der Waals surface area contributed by atoms with E-state index < -0.39 is 0 Å². The highest BCUT2D eigenvalue weighted by Crippen LogP contribution is 2.18. The first-order valence-corrected chi connectivity index (χ1v) is 8.37. The molecule has 0 atom stereocenters. The number of rotatable bonds is 5. The van der Waals surface area contributed by atoms with E-state index in [-0.39, 0.29) is 24.9 Å². The van der Waals surface area contributed by atoms with E-state index in [1.54, 1.807) is 18.2 Å². The van der Waals surface area contributed by atoms with Gasteiger partial charge in [-0.15, -0.1) is 0 Å². The van der Waals surface area contributed by atoms with Crippen molar-refractivity contribution < 1.29 is 13.9 Å². The Kier molecular flexibility index (Phi) is 5.85. The number of carbonyl (C=O) groups excluding carboxylic acids is 1. The minimum absolute atomic E-state index is 0.195. The van der Waals surface area contributed by atoms with Gasteiger partial charge in [0, 0.05) is 5.56 Å². The number of hydrogen-bond acceptors (Lipinski definition) is 3. The molecule has 6 heteroatoms. The Hall–Kier alpha value is -3.59. The highest BCUT2D eigenvalue weighted by Gasteiger charge is 2.10. The molecule has 136 valence electrons. The molecular weight excluding hydrogens is 345 g/mol. The highest BCUT2D eigenvalue weighted by molar-refractivity contribution is 5.93. The number of benzene rings is 2. The quantitative estimate of drug-likeness (QED) is 0.683. The fourth-order valence-electron chi connectivity index (χ4n) is 2.37. The maximum atomic E-state index is 13.0. The molecule has 3 aromatic rings. The fraction of sp³-hybridized carbons (Fsp3) is 0.143. The van der Waals surface area contributed by atoms with Gasteiger partial charge < -0.3 is 10.1 Å². The Morgan fingerprint density at radius 1 is 1.19 bits per heavy atom. The minimum Gasteiger partial charge on any atom is -0.481 e. The lowest BCUT2D eigenvalue weighted by molar-refractivity contribution is 0.0953. The van der Waals surface area contributed by atoms with Crippen LogP contribution in [0, 0.1) is 24.6 Å². The van der Waals surface area contributed by atoms with Crippen LogP contribution in [-0.4, -0.2) is 29.3 Å². The lowest BCUT2D eigenvalue weighted by Gasteiger charge is -2.04. The number of nitrogens with one attached hydrogen (secondary N) is 2. The normalized spacial score (nSPS) is 10.0. The molecule has 0 spiro atoms.